The molecule has 0 saturated carbocycles. The Morgan fingerprint density at radius 3 is 2.79 bits per heavy atom. The molecule has 3 nitrogen and oxygen atoms in total. The van der Waals surface area contributed by atoms with Crippen LogP contribution in [0, 0.1) is 5.82 Å². The molecule has 0 aliphatic carbocycles. The largest absolute Gasteiger partial charge is 0.489 e. The zero-order chi connectivity index (χ0) is 17.0. The van der Waals surface area contributed by atoms with E-state index >= 15 is 0 Å². The Labute approximate surface area is 141 Å². The van der Waals surface area contributed by atoms with Crippen LogP contribution < -0.4 is 4.74 Å². The van der Waals surface area contributed by atoms with Crippen LogP contribution in [0.25, 0.3) is 0 Å². The minimum Gasteiger partial charge on any atom is -0.489 e. The molecule has 4 heteroatoms. The predicted octanol–water partition coefficient (Wildman–Crippen LogP) is 4.04. The van der Waals surface area contributed by atoms with Crippen molar-refractivity contribution >= 4 is 6.29 Å². The first-order valence-electron chi connectivity index (χ1n) is 8.17. The number of aldehydes is 1. The Morgan fingerprint density at radius 2 is 2.08 bits per heavy atom. The molecule has 0 bridgehead atoms. The summed E-state index contributed by atoms with van der Waals surface area (Å²) in [7, 11) is 0. The van der Waals surface area contributed by atoms with Gasteiger partial charge < -0.3 is 14.3 Å². The van der Waals surface area contributed by atoms with Gasteiger partial charge in [0.15, 0.2) is 0 Å². The molecule has 0 spiro atoms. The third-order valence-electron chi connectivity index (χ3n) is 4.52. The van der Waals surface area contributed by atoms with Crippen molar-refractivity contribution in [1.82, 2.24) is 0 Å². The predicted molar refractivity (Wildman–Crippen MR) is 89.6 cm³/mol. The smallest absolute Gasteiger partial charge is 0.130 e. The van der Waals surface area contributed by atoms with Crippen molar-refractivity contribution in [3.63, 3.8) is 0 Å². The molecule has 2 atom stereocenters. The summed E-state index contributed by atoms with van der Waals surface area (Å²) in [5.41, 5.74) is 0.966. The second-order valence-electron chi connectivity index (χ2n) is 6.36. The molecular weight excluding hydrogens is 307 g/mol. The van der Waals surface area contributed by atoms with E-state index < -0.39 is 11.2 Å². The lowest BCUT2D eigenvalue weighted by Crippen LogP contribution is -2.39. The molecule has 1 aliphatic rings. The Kier molecular flexibility index (Phi) is 4.95. The number of carbonyl (C=O) groups is 1. The van der Waals surface area contributed by atoms with E-state index in [0.29, 0.717) is 37.4 Å². The van der Waals surface area contributed by atoms with Gasteiger partial charge in [0.2, 0.25) is 0 Å². The minimum absolute atomic E-state index is 0.0269. The Morgan fingerprint density at radius 1 is 1.29 bits per heavy atom. The summed E-state index contributed by atoms with van der Waals surface area (Å²) in [6.07, 6.45) is 2.02. The van der Waals surface area contributed by atoms with Crippen molar-refractivity contribution < 1.29 is 18.7 Å². The maximum absolute atomic E-state index is 14.1. The highest BCUT2D eigenvalue weighted by Crippen LogP contribution is 2.37. The lowest BCUT2D eigenvalue weighted by molar-refractivity contribution is -0.118. The molecule has 0 radical (unpaired) electrons. The van der Waals surface area contributed by atoms with Gasteiger partial charge in [0.1, 0.15) is 24.5 Å². The minimum atomic E-state index is -0.704. The summed E-state index contributed by atoms with van der Waals surface area (Å²) < 4.78 is 25.4. The van der Waals surface area contributed by atoms with Crippen LogP contribution in [-0.4, -0.2) is 19.0 Å². The second-order valence-corrected chi connectivity index (χ2v) is 6.36. The quantitative estimate of drug-likeness (QED) is 0.777. The van der Waals surface area contributed by atoms with E-state index in [-0.39, 0.29) is 6.10 Å². The maximum Gasteiger partial charge on any atom is 0.130 e. The van der Waals surface area contributed by atoms with Crippen molar-refractivity contribution in [2.45, 2.75) is 37.9 Å². The van der Waals surface area contributed by atoms with Gasteiger partial charge in [-0.1, -0.05) is 30.3 Å². The Bertz CT molecular complexity index is 701. The summed E-state index contributed by atoms with van der Waals surface area (Å²) in [4.78, 5) is 11.8. The standard InChI is InChI=1S/C20H21FO3/c1-15-12-20(14-22,7-8-23-15)17-9-18(21)11-19(10-17)24-13-16-5-3-2-4-6-16/h2-6,9-11,14-15H,7-8,12-13H2,1H3. The van der Waals surface area contributed by atoms with Gasteiger partial charge in [0.25, 0.3) is 0 Å². The van der Waals surface area contributed by atoms with E-state index in [4.69, 9.17) is 9.47 Å². The molecule has 3 rings (SSSR count). The van der Waals surface area contributed by atoms with E-state index in [1.165, 1.54) is 12.1 Å². The normalized spacial score (nSPS) is 23.7. The van der Waals surface area contributed by atoms with Gasteiger partial charge >= 0.3 is 0 Å². The fourth-order valence-electron chi connectivity index (χ4n) is 3.23. The van der Waals surface area contributed by atoms with Gasteiger partial charge in [-0.2, -0.15) is 0 Å². The number of carbonyl (C=O) groups excluding carboxylic acids is 1. The van der Waals surface area contributed by atoms with Crippen molar-refractivity contribution in [3.8, 4) is 5.75 Å². The number of rotatable bonds is 5. The van der Waals surface area contributed by atoms with Gasteiger partial charge in [-0.25, -0.2) is 4.39 Å². The molecule has 1 heterocycles. The first-order valence-corrected chi connectivity index (χ1v) is 8.17. The molecule has 2 aromatic rings. The summed E-state index contributed by atoms with van der Waals surface area (Å²) >= 11 is 0. The van der Waals surface area contributed by atoms with Gasteiger partial charge in [0, 0.05) is 12.7 Å². The number of halogens is 1. The summed E-state index contributed by atoms with van der Waals surface area (Å²) in [5, 5.41) is 0. The van der Waals surface area contributed by atoms with Crippen LogP contribution in [0.15, 0.2) is 48.5 Å². The fraction of sp³-hybridized carbons (Fsp3) is 0.350. The van der Waals surface area contributed by atoms with Crippen LogP contribution in [0.4, 0.5) is 4.39 Å². The lowest BCUT2D eigenvalue weighted by atomic mass is 9.73. The Balaban J connectivity index is 1.84. The summed E-state index contributed by atoms with van der Waals surface area (Å²) in [6, 6.07) is 14.3. The van der Waals surface area contributed by atoms with Crippen LogP contribution in [0.3, 0.4) is 0 Å². The molecule has 2 unspecified atom stereocenters. The monoisotopic (exact) mass is 328 g/mol. The summed E-state index contributed by atoms with van der Waals surface area (Å²) in [6.45, 7) is 2.79. The fourth-order valence-corrected chi connectivity index (χ4v) is 3.23. The average molecular weight is 328 g/mol. The van der Waals surface area contributed by atoms with Crippen molar-refractivity contribution in [1.29, 1.82) is 0 Å². The highest BCUT2D eigenvalue weighted by molar-refractivity contribution is 5.69. The van der Waals surface area contributed by atoms with Gasteiger partial charge in [-0.3, -0.25) is 0 Å². The molecule has 0 N–H and O–H groups in total. The van der Waals surface area contributed by atoms with Crippen molar-refractivity contribution in [2.24, 2.45) is 0 Å². The van der Waals surface area contributed by atoms with Crippen LogP contribution >= 0.6 is 0 Å². The SMILES string of the molecule is CC1CC(C=O)(c2cc(F)cc(OCc3ccccc3)c2)CCO1. The number of benzene rings is 2. The molecule has 1 fully saturated rings. The molecule has 1 saturated heterocycles. The first kappa shape index (κ1) is 16.7. The average Bonchev–Trinajstić information content (AvgIpc) is 2.60. The maximum atomic E-state index is 14.1. The molecule has 24 heavy (non-hydrogen) atoms. The van der Waals surface area contributed by atoms with Crippen molar-refractivity contribution in [3.05, 3.63) is 65.5 Å². The van der Waals surface area contributed by atoms with E-state index in [0.717, 1.165) is 11.8 Å². The molecule has 0 aromatic heterocycles. The molecular formula is C20H21FO3. The lowest BCUT2D eigenvalue weighted by Gasteiger charge is -2.36. The number of hydrogen-bond donors (Lipinski definition) is 0. The Hall–Kier alpha value is -2.20. The number of ether oxygens (including phenoxy) is 2. The zero-order valence-electron chi connectivity index (χ0n) is 13.7. The highest BCUT2D eigenvalue weighted by Gasteiger charge is 2.37. The zero-order valence-corrected chi connectivity index (χ0v) is 13.7. The van der Waals surface area contributed by atoms with Crippen LogP contribution in [0.1, 0.15) is 30.9 Å². The van der Waals surface area contributed by atoms with E-state index in [1.54, 1.807) is 6.07 Å². The topological polar surface area (TPSA) is 35.5 Å². The van der Waals surface area contributed by atoms with Gasteiger partial charge in [-0.15, -0.1) is 0 Å². The van der Waals surface area contributed by atoms with Crippen LogP contribution in [0.5, 0.6) is 5.75 Å². The molecule has 0 amide bonds. The third-order valence-corrected chi connectivity index (χ3v) is 4.52. The first-order chi connectivity index (χ1) is 11.6. The molecule has 126 valence electrons. The van der Waals surface area contributed by atoms with Crippen molar-refractivity contribution in [2.75, 3.05) is 6.61 Å². The number of hydrogen-bond acceptors (Lipinski definition) is 3. The molecule has 2 aromatic carbocycles. The van der Waals surface area contributed by atoms with Crippen LogP contribution in [-0.2, 0) is 21.6 Å². The van der Waals surface area contributed by atoms with Gasteiger partial charge in [-0.05, 0) is 43.0 Å². The van der Waals surface area contributed by atoms with Crippen LogP contribution in [0.2, 0.25) is 0 Å². The second kappa shape index (κ2) is 7.14. The van der Waals surface area contributed by atoms with E-state index in [1.807, 2.05) is 37.3 Å². The van der Waals surface area contributed by atoms with Gasteiger partial charge in [0.05, 0.1) is 11.5 Å². The van der Waals surface area contributed by atoms with E-state index in [9.17, 15) is 9.18 Å². The summed E-state index contributed by atoms with van der Waals surface area (Å²) in [5.74, 6) is 0.0464. The molecule has 1 aliphatic heterocycles. The third kappa shape index (κ3) is 3.65. The van der Waals surface area contributed by atoms with E-state index in [2.05, 4.69) is 0 Å². The highest BCUT2D eigenvalue weighted by atomic mass is 19.1.